The number of phenols is 1. The molecule has 0 saturated heterocycles. The predicted molar refractivity (Wildman–Crippen MR) is 106 cm³/mol. The molecule has 11 nitrogen and oxygen atoms in total. The summed E-state index contributed by atoms with van der Waals surface area (Å²) in [6.45, 7) is 1.95. The number of hydrogen-bond acceptors (Lipinski definition) is 8. The van der Waals surface area contributed by atoms with Gasteiger partial charge in [-0.3, -0.25) is 9.59 Å². The Hall–Kier alpha value is -4.28. The molecule has 0 aromatic heterocycles. The zero-order valence-corrected chi connectivity index (χ0v) is 16.3. The Morgan fingerprint density at radius 2 is 1.65 bits per heavy atom. The van der Waals surface area contributed by atoms with Gasteiger partial charge in [0.1, 0.15) is 17.5 Å². The number of ether oxygens (including phenoxy) is 1. The van der Waals surface area contributed by atoms with Gasteiger partial charge in [0.2, 0.25) is 0 Å². The van der Waals surface area contributed by atoms with Crippen LogP contribution in [-0.4, -0.2) is 51.8 Å². The van der Waals surface area contributed by atoms with Gasteiger partial charge >= 0.3 is 17.9 Å². The average Bonchev–Trinajstić information content (AvgIpc) is 2.72. The number of nitrogens with one attached hydrogen (secondary N) is 1. The number of amides is 1. The van der Waals surface area contributed by atoms with Crippen molar-refractivity contribution in [2.45, 2.75) is 19.4 Å². The summed E-state index contributed by atoms with van der Waals surface area (Å²) in [4.78, 5) is 45.5. The number of carboxylic acids is 2. The number of benzene rings is 2. The van der Waals surface area contributed by atoms with Crippen LogP contribution in [0.3, 0.4) is 0 Å². The van der Waals surface area contributed by atoms with Gasteiger partial charge in [0.15, 0.2) is 0 Å². The van der Waals surface area contributed by atoms with Crippen molar-refractivity contribution in [2.24, 2.45) is 10.2 Å². The maximum absolute atomic E-state index is 12.1. The lowest BCUT2D eigenvalue weighted by Crippen LogP contribution is -2.42. The number of carbonyl (C=O) groups excluding carboxylic acids is 2. The first-order valence-electron chi connectivity index (χ1n) is 8.98. The molecule has 0 spiro atoms. The Labute approximate surface area is 176 Å². The standard InChI is InChI=1S/C20H19N3O8/c1-2-31-20(30)11-3-6-13(7-4-11)22-23-14-8-5-12(9-16(14)24)18(27)21-15(19(28)29)10-17(25)26/h3-9,15,24H,2,10H2,1H3,(H,21,27)(H,25,26)(H,28,29)/b23-22+. The molecule has 0 saturated carbocycles. The number of esters is 1. The van der Waals surface area contributed by atoms with Crippen LogP contribution in [0.5, 0.6) is 5.75 Å². The summed E-state index contributed by atoms with van der Waals surface area (Å²) in [6, 6.07) is 8.06. The minimum absolute atomic E-state index is 0.0336. The molecule has 4 N–H and O–H groups in total. The van der Waals surface area contributed by atoms with Crippen LogP contribution in [0.4, 0.5) is 11.4 Å². The zero-order chi connectivity index (χ0) is 23.0. The Kier molecular flexibility index (Phi) is 7.78. The maximum Gasteiger partial charge on any atom is 0.338 e. The molecule has 1 atom stereocenters. The van der Waals surface area contributed by atoms with Crippen LogP contribution in [0.2, 0.25) is 0 Å². The predicted octanol–water partition coefficient (Wildman–Crippen LogP) is 2.64. The first kappa shape index (κ1) is 23.0. The number of carbonyl (C=O) groups is 4. The van der Waals surface area contributed by atoms with Crippen LogP contribution in [0.15, 0.2) is 52.7 Å². The molecule has 0 aliphatic rings. The largest absolute Gasteiger partial charge is 0.506 e. The highest BCUT2D eigenvalue weighted by Gasteiger charge is 2.24. The molecule has 162 valence electrons. The highest BCUT2D eigenvalue weighted by molar-refractivity contribution is 5.98. The van der Waals surface area contributed by atoms with E-state index in [4.69, 9.17) is 14.9 Å². The van der Waals surface area contributed by atoms with Crippen molar-refractivity contribution >= 4 is 35.2 Å². The van der Waals surface area contributed by atoms with E-state index in [1.165, 1.54) is 36.4 Å². The van der Waals surface area contributed by atoms with Crippen molar-refractivity contribution in [3.63, 3.8) is 0 Å². The summed E-state index contributed by atoms with van der Waals surface area (Å²) in [5.74, 6) is -4.63. The van der Waals surface area contributed by atoms with E-state index in [0.717, 1.165) is 6.07 Å². The lowest BCUT2D eigenvalue weighted by molar-refractivity contribution is -0.145. The molecule has 0 radical (unpaired) electrons. The van der Waals surface area contributed by atoms with Crippen molar-refractivity contribution in [2.75, 3.05) is 6.61 Å². The summed E-state index contributed by atoms with van der Waals surface area (Å²) in [7, 11) is 0. The van der Waals surface area contributed by atoms with Gasteiger partial charge in [-0.25, -0.2) is 9.59 Å². The van der Waals surface area contributed by atoms with Gasteiger partial charge in [0, 0.05) is 5.56 Å². The van der Waals surface area contributed by atoms with E-state index in [2.05, 4.69) is 15.5 Å². The van der Waals surface area contributed by atoms with E-state index in [1.54, 1.807) is 6.92 Å². The van der Waals surface area contributed by atoms with Crippen LogP contribution in [-0.2, 0) is 14.3 Å². The van der Waals surface area contributed by atoms with Gasteiger partial charge in [-0.05, 0) is 49.4 Å². The van der Waals surface area contributed by atoms with Gasteiger partial charge < -0.3 is 25.4 Å². The Bertz CT molecular complexity index is 1020. The molecule has 2 rings (SSSR count). The van der Waals surface area contributed by atoms with E-state index >= 15 is 0 Å². The Balaban J connectivity index is 2.10. The summed E-state index contributed by atoms with van der Waals surface area (Å²) in [5, 5.41) is 37.7. The highest BCUT2D eigenvalue weighted by atomic mass is 16.5. The number of nitrogens with zero attached hydrogens (tertiary/aromatic N) is 2. The lowest BCUT2D eigenvalue weighted by atomic mass is 10.1. The van der Waals surface area contributed by atoms with Gasteiger partial charge in [0.25, 0.3) is 5.91 Å². The third kappa shape index (κ3) is 6.63. The van der Waals surface area contributed by atoms with Crippen LogP contribution < -0.4 is 5.32 Å². The van der Waals surface area contributed by atoms with E-state index < -0.39 is 42.0 Å². The van der Waals surface area contributed by atoms with Crippen molar-refractivity contribution in [1.82, 2.24) is 5.32 Å². The van der Waals surface area contributed by atoms with Crippen molar-refractivity contribution < 1.29 is 39.2 Å². The van der Waals surface area contributed by atoms with E-state index in [9.17, 15) is 24.3 Å². The molecule has 2 aromatic carbocycles. The number of hydrogen-bond donors (Lipinski definition) is 4. The number of phenolic OH excluding ortho intramolecular Hbond substituents is 1. The van der Waals surface area contributed by atoms with E-state index in [1.807, 2.05) is 0 Å². The first-order valence-corrected chi connectivity index (χ1v) is 8.98. The fraction of sp³-hybridized carbons (Fsp3) is 0.200. The fourth-order valence-electron chi connectivity index (χ4n) is 2.36. The van der Waals surface area contributed by atoms with Crippen LogP contribution in [0.25, 0.3) is 0 Å². The zero-order valence-electron chi connectivity index (χ0n) is 16.3. The molecular weight excluding hydrogens is 410 g/mol. The number of azo groups is 1. The van der Waals surface area contributed by atoms with Gasteiger partial charge in [-0.15, -0.1) is 5.11 Å². The molecule has 1 amide bonds. The minimum atomic E-state index is -1.62. The third-order valence-corrected chi connectivity index (χ3v) is 3.87. The second-order valence-electron chi connectivity index (χ2n) is 6.13. The molecule has 0 bridgehead atoms. The smallest absolute Gasteiger partial charge is 0.338 e. The third-order valence-electron chi connectivity index (χ3n) is 3.87. The molecule has 0 aliphatic carbocycles. The normalized spacial score (nSPS) is 11.6. The first-order chi connectivity index (χ1) is 14.7. The molecular formula is C20H19N3O8. The van der Waals surface area contributed by atoms with E-state index in [0.29, 0.717) is 11.3 Å². The number of rotatable bonds is 9. The monoisotopic (exact) mass is 429 g/mol. The number of aromatic hydroxyl groups is 1. The molecule has 31 heavy (non-hydrogen) atoms. The Morgan fingerprint density at radius 1 is 1.00 bits per heavy atom. The summed E-state index contributed by atoms with van der Waals surface area (Å²) >= 11 is 0. The molecule has 1 unspecified atom stereocenters. The van der Waals surface area contributed by atoms with Gasteiger partial charge in [-0.2, -0.15) is 5.11 Å². The molecule has 0 heterocycles. The van der Waals surface area contributed by atoms with Crippen molar-refractivity contribution in [3.8, 4) is 5.75 Å². The molecule has 0 fully saturated rings. The molecule has 2 aromatic rings. The van der Waals surface area contributed by atoms with Crippen LogP contribution in [0, 0.1) is 0 Å². The Morgan fingerprint density at radius 3 is 2.19 bits per heavy atom. The second-order valence-corrected chi connectivity index (χ2v) is 6.13. The molecule has 11 heteroatoms. The molecule has 0 aliphatic heterocycles. The lowest BCUT2D eigenvalue weighted by Gasteiger charge is -2.12. The number of aliphatic carboxylic acids is 2. The van der Waals surface area contributed by atoms with Crippen LogP contribution in [0.1, 0.15) is 34.1 Å². The second kappa shape index (κ2) is 10.5. The average molecular weight is 429 g/mol. The van der Waals surface area contributed by atoms with Crippen LogP contribution >= 0.6 is 0 Å². The van der Waals surface area contributed by atoms with Crippen molar-refractivity contribution in [1.29, 1.82) is 0 Å². The maximum atomic E-state index is 12.1. The highest BCUT2D eigenvalue weighted by Crippen LogP contribution is 2.29. The summed E-state index contributed by atoms with van der Waals surface area (Å²) < 4.78 is 4.88. The van der Waals surface area contributed by atoms with E-state index in [-0.39, 0.29) is 17.9 Å². The number of carboxylic acid groups (broad SMARTS) is 2. The SMILES string of the molecule is CCOC(=O)c1ccc(/N=N/c2ccc(C(=O)NC(CC(=O)O)C(=O)O)cc2O)cc1. The van der Waals surface area contributed by atoms with Gasteiger partial charge in [0.05, 0.1) is 24.3 Å². The summed E-state index contributed by atoms with van der Waals surface area (Å²) in [5.41, 5.74) is 0.687. The quantitative estimate of drug-likeness (QED) is 0.347. The fourth-order valence-corrected chi connectivity index (χ4v) is 2.36. The topological polar surface area (TPSA) is 175 Å². The summed E-state index contributed by atoms with van der Waals surface area (Å²) in [6.07, 6.45) is -0.797. The minimum Gasteiger partial charge on any atom is -0.506 e. The van der Waals surface area contributed by atoms with Gasteiger partial charge in [-0.1, -0.05) is 0 Å². The van der Waals surface area contributed by atoms with Crippen molar-refractivity contribution in [3.05, 3.63) is 53.6 Å².